The van der Waals surface area contributed by atoms with Crippen molar-refractivity contribution in [2.24, 2.45) is 0 Å². The lowest BCUT2D eigenvalue weighted by molar-refractivity contribution is 0.709. The Labute approximate surface area is 130 Å². The van der Waals surface area contributed by atoms with Crippen molar-refractivity contribution in [1.82, 2.24) is 0 Å². The number of nitriles is 1. The molecule has 1 nitrogen and oxygen atoms in total. The molecule has 1 saturated heterocycles. The minimum atomic E-state index is -1.96. The lowest BCUT2D eigenvalue weighted by Crippen LogP contribution is -2.62. The average Bonchev–Trinajstić information content (AvgIpc) is 2.46. The van der Waals surface area contributed by atoms with Gasteiger partial charge in [-0.25, -0.2) is 0 Å². The molecule has 1 aromatic rings. The van der Waals surface area contributed by atoms with E-state index in [1.165, 1.54) is 5.19 Å². The van der Waals surface area contributed by atoms with Crippen molar-refractivity contribution in [3.05, 3.63) is 30.3 Å². The Kier molecular flexibility index (Phi) is 5.20. The first-order valence-electron chi connectivity index (χ1n) is 6.46. The second-order valence-electron chi connectivity index (χ2n) is 5.08. The predicted octanol–water partition coefficient (Wildman–Crippen LogP) is 4.02. The van der Waals surface area contributed by atoms with Crippen molar-refractivity contribution in [2.75, 3.05) is 0 Å². The number of hydrogen-bond donors (Lipinski definition) is 0. The molecule has 0 N–H and O–H groups in total. The zero-order chi connectivity index (χ0) is 13.9. The molecular weight excluding hydrogens is 317 g/mol. The number of nitrogens with zero attached hydrogens (tertiary/aromatic N) is 1. The zero-order valence-corrected chi connectivity index (χ0v) is 13.8. The minimum Gasteiger partial charge on any atom is -0.198 e. The monoisotopic (exact) mass is 331 g/mol. The Hall–Kier alpha value is -0.203. The highest BCUT2D eigenvalue weighted by atomic mass is 35.5. The van der Waals surface area contributed by atoms with Crippen molar-refractivity contribution in [1.29, 1.82) is 5.26 Å². The topological polar surface area (TPSA) is 23.8 Å². The molecule has 0 aromatic heterocycles. The van der Waals surface area contributed by atoms with Crippen LogP contribution in [0.1, 0.15) is 12.8 Å². The Morgan fingerprint density at radius 3 is 2.53 bits per heavy atom. The van der Waals surface area contributed by atoms with Crippen molar-refractivity contribution in [2.45, 2.75) is 40.7 Å². The molecule has 19 heavy (non-hydrogen) atoms. The summed E-state index contributed by atoms with van der Waals surface area (Å²) in [4.78, 5) is 0. The summed E-state index contributed by atoms with van der Waals surface area (Å²) in [6, 6.07) is 14.5. The first kappa shape index (κ1) is 15.2. The van der Waals surface area contributed by atoms with Crippen molar-refractivity contribution >= 4 is 48.1 Å². The van der Waals surface area contributed by atoms with Gasteiger partial charge in [0.15, 0.2) is 0 Å². The molecule has 1 heterocycles. The van der Waals surface area contributed by atoms with Gasteiger partial charge in [0, 0.05) is 11.4 Å². The van der Waals surface area contributed by atoms with Gasteiger partial charge in [-0.1, -0.05) is 41.6 Å². The quantitative estimate of drug-likeness (QED) is 0.606. The molecule has 0 bridgehead atoms. The van der Waals surface area contributed by atoms with Crippen LogP contribution in [0.3, 0.4) is 0 Å². The molecule has 0 saturated carbocycles. The first-order valence-corrected chi connectivity index (χ1v) is 10.3. The van der Waals surface area contributed by atoms with Gasteiger partial charge in [0.2, 0.25) is 0 Å². The van der Waals surface area contributed by atoms with Crippen molar-refractivity contribution < 1.29 is 0 Å². The molecule has 1 aliphatic rings. The Morgan fingerprint density at radius 2 is 1.89 bits per heavy atom. The number of hydrogen-bond acceptors (Lipinski definition) is 1. The van der Waals surface area contributed by atoms with E-state index in [1.807, 2.05) is 18.2 Å². The normalized spacial score (nSPS) is 34.7. The van der Waals surface area contributed by atoms with Gasteiger partial charge in [0.1, 0.15) is 8.07 Å². The number of alkyl halides is 3. The largest absolute Gasteiger partial charge is 0.198 e. The van der Waals surface area contributed by atoms with Crippen LogP contribution in [0.5, 0.6) is 0 Å². The van der Waals surface area contributed by atoms with E-state index in [0.29, 0.717) is 6.42 Å². The maximum Gasteiger partial charge on any atom is 0.109 e. The Morgan fingerprint density at radius 1 is 1.21 bits per heavy atom. The fraction of sp³-hybridized carbons (Fsp3) is 0.500. The first-order chi connectivity index (χ1) is 9.12. The summed E-state index contributed by atoms with van der Waals surface area (Å²) in [5, 5.41) is 9.86. The molecule has 1 aliphatic heterocycles. The van der Waals surface area contributed by atoms with E-state index in [2.05, 4.69) is 18.2 Å². The highest BCUT2D eigenvalue weighted by molar-refractivity contribution is 6.98. The second kappa shape index (κ2) is 6.50. The third-order valence-electron chi connectivity index (χ3n) is 4.05. The van der Waals surface area contributed by atoms with Crippen LogP contribution in [0.2, 0.25) is 12.1 Å². The molecule has 0 amide bonds. The highest BCUT2D eigenvalue weighted by Gasteiger charge is 2.50. The lowest BCUT2D eigenvalue weighted by Gasteiger charge is -2.44. The number of rotatable bonds is 3. The maximum absolute atomic E-state index is 8.93. The lowest BCUT2D eigenvalue weighted by atomic mass is 10.2. The average molecular weight is 333 g/mol. The van der Waals surface area contributed by atoms with Crippen molar-refractivity contribution in [3.8, 4) is 6.07 Å². The summed E-state index contributed by atoms with van der Waals surface area (Å²) < 4.78 is 0. The third kappa shape index (κ3) is 2.95. The van der Waals surface area contributed by atoms with Crippen LogP contribution in [0.25, 0.3) is 0 Å². The van der Waals surface area contributed by atoms with E-state index in [0.717, 1.165) is 18.5 Å². The zero-order valence-electron chi connectivity index (χ0n) is 10.5. The van der Waals surface area contributed by atoms with Crippen LogP contribution < -0.4 is 5.19 Å². The number of halogens is 3. The summed E-state index contributed by atoms with van der Waals surface area (Å²) in [6.45, 7) is 0. The molecule has 0 spiro atoms. The van der Waals surface area contributed by atoms with Crippen LogP contribution in [0.15, 0.2) is 30.3 Å². The third-order valence-corrected chi connectivity index (χ3v) is 12.3. The highest BCUT2D eigenvalue weighted by Crippen LogP contribution is 2.40. The summed E-state index contributed by atoms with van der Waals surface area (Å²) >= 11 is 19.4. The van der Waals surface area contributed by atoms with Gasteiger partial charge in [-0.05, 0) is 12.5 Å². The van der Waals surface area contributed by atoms with E-state index in [1.54, 1.807) is 0 Å². The van der Waals surface area contributed by atoms with E-state index in [-0.39, 0.29) is 15.8 Å². The molecule has 1 aromatic carbocycles. The standard InChI is InChI=1S/C14H16Cl3NSi/c15-12-7-10-19(9-4-8-18,14(17)13(12)16)11-5-2-1-3-6-11/h1-3,5-6,12-14H,4,7,9-10H2. The molecule has 0 aliphatic carbocycles. The SMILES string of the molecule is N#CCC[Si]1(c2ccccc2)CCC(Cl)C(Cl)C1Cl. The van der Waals surface area contributed by atoms with Crippen LogP contribution in [0.4, 0.5) is 0 Å². The van der Waals surface area contributed by atoms with Crippen LogP contribution in [-0.2, 0) is 0 Å². The van der Waals surface area contributed by atoms with Gasteiger partial charge in [-0.2, -0.15) is 5.26 Å². The maximum atomic E-state index is 8.93. The summed E-state index contributed by atoms with van der Waals surface area (Å²) in [5.74, 6) is 0. The van der Waals surface area contributed by atoms with Crippen molar-refractivity contribution in [3.63, 3.8) is 0 Å². The van der Waals surface area contributed by atoms with Crippen LogP contribution >= 0.6 is 34.8 Å². The summed E-state index contributed by atoms with van der Waals surface area (Å²) in [5.41, 5.74) is 0. The number of benzene rings is 1. The van der Waals surface area contributed by atoms with Crippen LogP contribution in [-0.4, -0.2) is 23.8 Å². The smallest absolute Gasteiger partial charge is 0.109 e. The molecule has 4 atom stereocenters. The molecule has 5 heteroatoms. The van der Waals surface area contributed by atoms with Gasteiger partial charge in [-0.3, -0.25) is 0 Å². The van der Waals surface area contributed by atoms with Gasteiger partial charge in [0.05, 0.1) is 16.8 Å². The van der Waals surface area contributed by atoms with Gasteiger partial charge >= 0.3 is 0 Å². The molecule has 102 valence electrons. The molecule has 1 fully saturated rings. The van der Waals surface area contributed by atoms with E-state index >= 15 is 0 Å². The molecular formula is C14H16Cl3NSi. The fourth-order valence-corrected chi connectivity index (χ4v) is 10.4. The Balaban J connectivity index is 2.38. The molecule has 2 rings (SSSR count). The summed E-state index contributed by atoms with van der Waals surface area (Å²) in [6.07, 6.45) is 1.44. The predicted molar refractivity (Wildman–Crippen MR) is 85.2 cm³/mol. The molecule has 4 unspecified atom stereocenters. The Bertz CT molecular complexity index is 462. The van der Waals surface area contributed by atoms with Gasteiger partial charge < -0.3 is 0 Å². The van der Waals surface area contributed by atoms with Gasteiger partial charge in [-0.15, -0.1) is 34.8 Å². The fourth-order valence-electron chi connectivity index (χ4n) is 2.94. The van der Waals surface area contributed by atoms with Crippen LogP contribution in [0, 0.1) is 11.3 Å². The molecule has 0 radical (unpaired) electrons. The summed E-state index contributed by atoms with van der Waals surface area (Å²) in [7, 11) is -1.96. The van der Waals surface area contributed by atoms with E-state index in [9.17, 15) is 0 Å². The minimum absolute atomic E-state index is 0.0596. The van der Waals surface area contributed by atoms with E-state index < -0.39 is 8.07 Å². The van der Waals surface area contributed by atoms with E-state index in [4.69, 9.17) is 40.1 Å². The second-order valence-corrected chi connectivity index (χ2v) is 11.5. The van der Waals surface area contributed by atoms with Gasteiger partial charge in [0.25, 0.3) is 0 Å².